The number of anilines is 1. The summed E-state index contributed by atoms with van der Waals surface area (Å²) in [5.41, 5.74) is 6.96. The third kappa shape index (κ3) is 2.73. The van der Waals surface area contributed by atoms with Gasteiger partial charge in [0.25, 0.3) is 0 Å². The smallest absolute Gasteiger partial charge is 0.123 e. The molecule has 1 aliphatic carbocycles. The van der Waals surface area contributed by atoms with Crippen molar-refractivity contribution in [3.8, 4) is 0 Å². The molecule has 0 spiro atoms. The highest BCUT2D eigenvalue weighted by molar-refractivity contribution is 5.45. The molecule has 1 aromatic carbocycles. The Morgan fingerprint density at radius 2 is 2.00 bits per heavy atom. The van der Waals surface area contributed by atoms with Crippen LogP contribution < -0.4 is 10.6 Å². The van der Waals surface area contributed by atoms with Crippen LogP contribution in [-0.4, -0.2) is 19.6 Å². The second-order valence-electron chi connectivity index (χ2n) is 4.80. The molecule has 0 amide bonds. The quantitative estimate of drug-likeness (QED) is 0.851. The van der Waals surface area contributed by atoms with Crippen LogP contribution in [0.4, 0.5) is 10.1 Å². The van der Waals surface area contributed by atoms with Gasteiger partial charge in [-0.2, -0.15) is 0 Å². The van der Waals surface area contributed by atoms with Gasteiger partial charge in [0, 0.05) is 25.3 Å². The fraction of sp³-hybridized carbons (Fsp3) is 0.538. The molecule has 88 valence electrons. The third-order valence-electron chi connectivity index (χ3n) is 3.38. The number of halogens is 1. The Morgan fingerprint density at radius 3 is 2.56 bits per heavy atom. The molecule has 1 aliphatic rings. The minimum Gasteiger partial charge on any atom is -0.374 e. The summed E-state index contributed by atoms with van der Waals surface area (Å²) in [5.74, 6) is 0.505. The number of benzene rings is 1. The van der Waals surface area contributed by atoms with Crippen molar-refractivity contribution in [3.05, 3.63) is 30.1 Å². The van der Waals surface area contributed by atoms with Crippen molar-refractivity contribution in [2.75, 3.05) is 18.5 Å². The lowest BCUT2D eigenvalue weighted by Crippen LogP contribution is -2.25. The second-order valence-corrected chi connectivity index (χ2v) is 4.80. The highest BCUT2D eigenvalue weighted by Crippen LogP contribution is 2.26. The van der Waals surface area contributed by atoms with Crippen molar-refractivity contribution in [1.82, 2.24) is 0 Å². The number of hydrogen-bond acceptors (Lipinski definition) is 2. The molecule has 1 saturated carbocycles. The van der Waals surface area contributed by atoms with Gasteiger partial charge in [0.2, 0.25) is 0 Å². The van der Waals surface area contributed by atoms with Crippen LogP contribution in [0.5, 0.6) is 0 Å². The third-order valence-corrected chi connectivity index (χ3v) is 3.38. The molecule has 0 radical (unpaired) electrons. The molecule has 0 saturated heterocycles. The predicted molar refractivity (Wildman–Crippen MR) is 65.0 cm³/mol. The summed E-state index contributed by atoms with van der Waals surface area (Å²) in [5, 5.41) is 0. The Kier molecular flexibility index (Phi) is 3.44. The van der Waals surface area contributed by atoms with E-state index >= 15 is 0 Å². The molecular weight excluding hydrogens is 203 g/mol. The number of nitrogens with two attached hydrogens (primary N) is 1. The molecule has 1 fully saturated rings. The van der Waals surface area contributed by atoms with E-state index in [9.17, 15) is 4.39 Å². The number of rotatable bonds is 3. The Bertz CT molecular complexity index is 336. The Labute approximate surface area is 96.2 Å². The topological polar surface area (TPSA) is 29.3 Å². The van der Waals surface area contributed by atoms with E-state index in [4.69, 9.17) is 5.73 Å². The lowest BCUT2D eigenvalue weighted by Gasteiger charge is -2.23. The summed E-state index contributed by atoms with van der Waals surface area (Å²) in [7, 11) is 2.05. The van der Waals surface area contributed by atoms with E-state index < -0.39 is 0 Å². The largest absolute Gasteiger partial charge is 0.374 e. The van der Waals surface area contributed by atoms with Crippen LogP contribution in [0.15, 0.2) is 24.3 Å². The van der Waals surface area contributed by atoms with Gasteiger partial charge in [-0.05, 0) is 49.4 Å². The molecule has 0 bridgehead atoms. The van der Waals surface area contributed by atoms with Crippen LogP contribution in [-0.2, 0) is 0 Å². The Morgan fingerprint density at radius 1 is 1.31 bits per heavy atom. The van der Waals surface area contributed by atoms with Crippen molar-refractivity contribution >= 4 is 5.69 Å². The van der Waals surface area contributed by atoms with Crippen LogP contribution >= 0.6 is 0 Å². The first kappa shape index (κ1) is 11.4. The van der Waals surface area contributed by atoms with Crippen LogP contribution in [0.3, 0.4) is 0 Å². The van der Waals surface area contributed by atoms with Crippen molar-refractivity contribution < 1.29 is 4.39 Å². The number of hydrogen-bond donors (Lipinski definition) is 1. The van der Waals surface area contributed by atoms with E-state index in [1.807, 2.05) is 12.1 Å². The highest BCUT2D eigenvalue weighted by atomic mass is 19.1. The lowest BCUT2D eigenvalue weighted by molar-refractivity contribution is 0.536. The first-order chi connectivity index (χ1) is 7.65. The van der Waals surface area contributed by atoms with E-state index in [-0.39, 0.29) is 5.82 Å². The van der Waals surface area contributed by atoms with Gasteiger partial charge < -0.3 is 10.6 Å². The first-order valence-corrected chi connectivity index (χ1v) is 5.87. The second kappa shape index (κ2) is 4.83. The zero-order valence-corrected chi connectivity index (χ0v) is 9.70. The van der Waals surface area contributed by atoms with Gasteiger partial charge in [0.05, 0.1) is 0 Å². The molecule has 2 rings (SSSR count). The summed E-state index contributed by atoms with van der Waals surface area (Å²) < 4.78 is 12.8. The van der Waals surface area contributed by atoms with Gasteiger partial charge in [0.15, 0.2) is 0 Å². The molecule has 2 N–H and O–H groups in total. The molecule has 16 heavy (non-hydrogen) atoms. The van der Waals surface area contributed by atoms with Crippen LogP contribution in [0.2, 0.25) is 0 Å². The molecule has 0 aliphatic heterocycles. The van der Waals surface area contributed by atoms with Gasteiger partial charge in [-0.1, -0.05) is 0 Å². The molecule has 1 aromatic rings. The monoisotopic (exact) mass is 222 g/mol. The zero-order valence-electron chi connectivity index (χ0n) is 9.70. The van der Waals surface area contributed by atoms with Gasteiger partial charge in [-0.3, -0.25) is 0 Å². The predicted octanol–water partition coefficient (Wildman–Crippen LogP) is 2.39. The lowest BCUT2D eigenvalue weighted by atomic mass is 10.1. The van der Waals surface area contributed by atoms with Crippen LogP contribution in [0.1, 0.15) is 19.3 Å². The van der Waals surface area contributed by atoms with Crippen molar-refractivity contribution in [3.63, 3.8) is 0 Å². The van der Waals surface area contributed by atoms with Gasteiger partial charge in [-0.25, -0.2) is 4.39 Å². The molecule has 3 heteroatoms. The van der Waals surface area contributed by atoms with Gasteiger partial charge >= 0.3 is 0 Å². The summed E-state index contributed by atoms with van der Waals surface area (Å²) in [6.45, 7) is 1.01. The van der Waals surface area contributed by atoms with Gasteiger partial charge in [-0.15, -0.1) is 0 Å². The van der Waals surface area contributed by atoms with Crippen molar-refractivity contribution in [1.29, 1.82) is 0 Å². The molecule has 2 nitrogen and oxygen atoms in total. The normalized spacial score (nSPS) is 24.7. The standard InChI is InChI=1S/C13H19FN2/c1-16(9-10-2-5-12(15)8-10)13-6-3-11(14)4-7-13/h3-4,6-7,10,12H,2,5,8-9,15H2,1H3. The van der Waals surface area contributed by atoms with E-state index in [0.717, 1.165) is 25.1 Å². The SMILES string of the molecule is CN(CC1CCC(N)C1)c1ccc(F)cc1. The van der Waals surface area contributed by atoms with E-state index in [1.165, 1.54) is 18.6 Å². The highest BCUT2D eigenvalue weighted by Gasteiger charge is 2.22. The summed E-state index contributed by atoms with van der Waals surface area (Å²) >= 11 is 0. The summed E-state index contributed by atoms with van der Waals surface area (Å²) in [4.78, 5) is 2.18. The maximum Gasteiger partial charge on any atom is 0.123 e. The maximum absolute atomic E-state index is 12.8. The van der Waals surface area contributed by atoms with Crippen molar-refractivity contribution in [2.45, 2.75) is 25.3 Å². The minimum absolute atomic E-state index is 0.181. The van der Waals surface area contributed by atoms with Gasteiger partial charge in [0.1, 0.15) is 5.82 Å². The first-order valence-electron chi connectivity index (χ1n) is 5.87. The van der Waals surface area contributed by atoms with Crippen LogP contribution in [0, 0.1) is 11.7 Å². The maximum atomic E-state index is 12.8. The van der Waals surface area contributed by atoms with Crippen molar-refractivity contribution in [2.24, 2.45) is 11.7 Å². The molecule has 2 atom stereocenters. The molecular formula is C13H19FN2. The fourth-order valence-corrected chi connectivity index (χ4v) is 2.47. The molecule has 2 unspecified atom stereocenters. The Balaban J connectivity index is 1.92. The van der Waals surface area contributed by atoms with E-state index in [1.54, 1.807) is 0 Å². The fourth-order valence-electron chi connectivity index (χ4n) is 2.47. The molecule has 0 heterocycles. The van der Waals surface area contributed by atoms with E-state index in [0.29, 0.717) is 12.0 Å². The number of nitrogens with zero attached hydrogens (tertiary/aromatic N) is 1. The average Bonchev–Trinajstić information content (AvgIpc) is 2.65. The summed E-state index contributed by atoms with van der Waals surface area (Å²) in [6, 6.07) is 7.04. The Hall–Kier alpha value is -1.09. The van der Waals surface area contributed by atoms with Crippen LogP contribution in [0.25, 0.3) is 0 Å². The molecule has 0 aromatic heterocycles. The average molecular weight is 222 g/mol. The zero-order chi connectivity index (χ0) is 11.5. The summed E-state index contributed by atoms with van der Waals surface area (Å²) in [6.07, 6.45) is 3.47. The van der Waals surface area contributed by atoms with E-state index in [2.05, 4.69) is 11.9 Å². The minimum atomic E-state index is -0.181.